The Hall–Kier alpha value is -1.53. The van der Waals surface area contributed by atoms with Crippen molar-refractivity contribution in [2.45, 2.75) is 19.3 Å². The molecule has 0 radical (unpaired) electrons. The zero-order valence-electron chi connectivity index (χ0n) is 8.94. The maximum absolute atomic E-state index is 10.7. The van der Waals surface area contributed by atoms with E-state index < -0.39 is 0 Å². The predicted molar refractivity (Wildman–Crippen MR) is 61.1 cm³/mol. The van der Waals surface area contributed by atoms with E-state index in [-0.39, 0.29) is 18.5 Å². The first-order valence-electron chi connectivity index (χ1n) is 4.89. The van der Waals surface area contributed by atoms with Crippen molar-refractivity contribution in [3.63, 3.8) is 0 Å². The number of ether oxygens (including phenoxy) is 1. The number of halogens is 1. The molecule has 0 unspecified atom stereocenters. The van der Waals surface area contributed by atoms with Crippen molar-refractivity contribution in [1.29, 1.82) is 5.26 Å². The molecule has 0 aliphatic carbocycles. The van der Waals surface area contributed by atoms with Crippen LogP contribution < -0.4 is 0 Å². The second-order valence-corrected chi connectivity index (χ2v) is 3.85. The predicted octanol–water partition coefficient (Wildman–Crippen LogP) is 2.90. The summed E-state index contributed by atoms with van der Waals surface area (Å²) in [5.74, 6) is -0.428. The number of esters is 1. The number of nitriles is 1. The molecule has 0 amide bonds. The molecule has 0 heterocycles. The van der Waals surface area contributed by atoms with Crippen molar-refractivity contribution in [3.05, 3.63) is 34.9 Å². The number of benzene rings is 1. The minimum absolute atomic E-state index is 0.0915. The monoisotopic (exact) mass is 237 g/mol. The normalized spacial score (nSPS) is 11.6. The second kappa shape index (κ2) is 6.14. The van der Waals surface area contributed by atoms with Crippen LogP contribution in [0.5, 0.6) is 0 Å². The summed E-state index contributed by atoms with van der Waals surface area (Å²) in [5, 5.41) is 9.35. The molecular weight excluding hydrogens is 226 g/mol. The Balaban J connectivity index is 2.73. The summed E-state index contributed by atoms with van der Waals surface area (Å²) in [6.45, 7) is 1.58. The number of carbonyl (C=O) groups is 1. The van der Waals surface area contributed by atoms with Crippen LogP contribution in [0.25, 0.3) is 0 Å². The van der Waals surface area contributed by atoms with E-state index in [1.807, 2.05) is 12.1 Å². The average molecular weight is 238 g/mol. The van der Waals surface area contributed by atoms with Gasteiger partial charge in [0.05, 0.1) is 12.7 Å². The van der Waals surface area contributed by atoms with Crippen LogP contribution in [0.4, 0.5) is 0 Å². The molecule has 0 aromatic heterocycles. The highest BCUT2D eigenvalue weighted by atomic mass is 35.5. The third-order valence-electron chi connectivity index (χ3n) is 2.17. The Morgan fingerprint density at radius 3 is 2.62 bits per heavy atom. The Bertz CT molecular complexity index is 394. The molecule has 3 nitrogen and oxygen atoms in total. The molecule has 16 heavy (non-hydrogen) atoms. The van der Waals surface area contributed by atoms with Crippen LogP contribution in [-0.2, 0) is 9.53 Å². The molecule has 0 aliphatic rings. The highest BCUT2D eigenvalue weighted by Crippen LogP contribution is 2.21. The summed E-state index contributed by atoms with van der Waals surface area (Å²) >= 11 is 5.77. The molecule has 0 N–H and O–H groups in total. The summed E-state index contributed by atoms with van der Waals surface area (Å²) < 4.78 is 4.92. The third kappa shape index (κ3) is 3.92. The Kier molecular flexibility index (Phi) is 4.81. The topological polar surface area (TPSA) is 50.1 Å². The zero-order chi connectivity index (χ0) is 12.0. The van der Waals surface area contributed by atoms with Crippen molar-refractivity contribution in [2.24, 2.45) is 0 Å². The van der Waals surface area contributed by atoms with Gasteiger partial charge in [0.2, 0.25) is 0 Å². The van der Waals surface area contributed by atoms with Crippen LogP contribution in [0, 0.1) is 11.3 Å². The standard InChI is InChI=1S/C12H12ClNO2/c1-9(15)16-8-11(6-7-14)10-2-4-12(13)5-3-10/h2-5,11H,6,8H2,1H3/t11-/m0/s1. The van der Waals surface area contributed by atoms with E-state index in [0.717, 1.165) is 5.56 Å². The first-order valence-corrected chi connectivity index (χ1v) is 5.27. The Morgan fingerprint density at radius 2 is 2.12 bits per heavy atom. The van der Waals surface area contributed by atoms with Gasteiger partial charge < -0.3 is 4.74 Å². The molecular formula is C12H12ClNO2. The lowest BCUT2D eigenvalue weighted by atomic mass is 9.97. The molecule has 1 rings (SSSR count). The van der Waals surface area contributed by atoms with E-state index in [1.54, 1.807) is 12.1 Å². The van der Waals surface area contributed by atoms with E-state index in [1.165, 1.54) is 6.92 Å². The fraction of sp³-hybridized carbons (Fsp3) is 0.333. The molecule has 1 aromatic rings. The van der Waals surface area contributed by atoms with Gasteiger partial charge in [-0.2, -0.15) is 5.26 Å². The van der Waals surface area contributed by atoms with Crippen LogP contribution in [0.1, 0.15) is 24.8 Å². The molecule has 0 saturated heterocycles. The van der Waals surface area contributed by atoms with Gasteiger partial charge in [-0.05, 0) is 17.7 Å². The fourth-order valence-corrected chi connectivity index (χ4v) is 1.46. The highest BCUT2D eigenvalue weighted by molar-refractivity contribution is 6.30. The summed E-state index contributed by atoms with van der Waals surface area (Å²) in [6.07, 6.45) is 0.314. The van der Waals surface area contributed by atoms with Gasteiger partial charge in [0.25, 0.3) is 0 Å². The van der Waals surface area contributed by atoms with E-state index in [0.29, 0.717) is 11.4 Å². The van der Waals surface area contributed by atoms with Gasteiger partial charge in [-0.3, -0.25) is 4.79 Å². The SMILES string of the molecule is CC(=O)OC[C@H](CC#N)c1ccc(Cl)cc1. The van der Waals surface area contributed by atoms with Gasteiger partial charge in [0.15, 0.2) is 0 Å². The molecule has 0 fully saturated rings. The molecule has 1 aromatic carbocycles. The smallest absolute Gasteiger partial charge is 0.302 e. The Labute approximate surface area is 99.6 Å². The lowest BCUT2D eigenvalue weighted by Crippen LogP contribution is -2.10. The van der Waals surface area contributed by atoms with E-state index >= 15 is 0 Å². The zero-order valence-corrected chi connectivity index (χ0v) is 9.70. The van der Waals surface area contributed by atoms with Gasteiger partial charge in [-0.15, -0.1) is 0 Å². The van der Waals surface area contributed by atoms with Crippen LogP contribution in [0.3, 0.4) is 0 Å². The molecule has 1 atom stereocenters. The van der Waals surface area contributed by atoms with Crippen LogP contribution in [-0.4, -0.2) is 12.6 Å². The number of nitrogens with zero attached hydrogens (tertiary/aromatic N) is 1. The van der Waals surface area contributed by atoms with Crippen molar-refractivity contribution in [1.82, 2.24) is 0 Å². The highest BCUT2D eigenvalue weighted by Gasteiger charge is 2.12. The fourth-order valence-electron chi connectivity index (χ4n) is 1.34. The summed E-state index contributed by atoms with van der Waals surface area (Å²) in [6, 6.07) is 9.28. The van der Waals surface area contributed by atoms with Crippen molar-refractivity contribution in [2.75, 3.05) is 6.61 Å². The van der Waals surface area contributed by atoms with Gasteiger partial charge in [0.1, 0.15) is 0 Å². The average Bonchev–Trinajstić information content (AvgIpc) is 2.25. The number of carbonyl (C=O) groups excluding carboxylic acids is 1. The Morgan fingerprint density at radius 1 is 1.50 bits per heavy atom. The molecule has 84 valence electrons. The minimum atomic E-state index is -0.336. The van der Waals surface area contributed by atoms with Gasteiger partial charge in [-0.25, -0.2) is 0 Å². The molecule has 0 saturated carbocycles. The first kappa shape index (κ1) is 12.5. The van der Waals surface area contributed by atoms with Crippen LogP contribution >= 0.6 is 11.6 Å². The molecule has 4 heteroatoms. The number of hydrogen-bond acceptors (Lipinski definition) is 3. The largest absolute Gasteiger partial charge is 0.465 e. The second-order valence-electron chi connectivity index (χ2n) is 3.41. The van der Waals surface area contributed by atoms with E-state index in [4.69, 9.17) is 21.6 Å². The number of hydrogen-bond donors (Lipinski definition) is 0. The maximum atomic E-state index is 10.7. The van der Waals surface area contributed by atoms with E-state index in [9.17, 15) is 4.79 Å². The van der Waals surface area contributed by atoms with Crippen molar-refractivity contribution >= 4 is 17.6 Å². The van der Waals surface area contributed by atoms with Crippen molar-refractivity contribution < 1.29 is 9.53 Å². The maximum Gasteiger partial charge on any atom is 0.302 e. The molecule has 0 aliphatic heterocycles. The third-order valence-corrected chi connectivity index (χ3v) is 2.42. The number of rotatable bonds is 4. The first-order chi connectivity index (χ1) is 7.63. The van der Waals surface area contributed by atoms with Crippen molar-refractivity contribution in [3.8, 4) is 6.07 Å². The van der Waals surface area contributed by atoms with E-state index in [2.05, 4.69) is 6.07 Å². The van der Waals surface area contributed by atoms with Gasteiger partial charge in [-0.1, -0.05) is 23.7 Å². The molecule has 0 bridgehead atoms. The van der Waals surface area contributed by atoms with Crippen LogP contribution in [0.15, 0.2) is 24.3 Å². The minimum Gasteiger partial charge on any atom is -0.465 e. The summed E-state index contributed by atoms with van der Waals surface area (Å²) in [4.78, 5) is 10.7. The van der Waals surface area contributed by atoms with Gasteiger partial charge >= 0.3 is 5.97 Å². The lowest BCUT2D eigenvalue weighted by molar-refractivity contribution is -0.141. The summed E-state index contributed by atoms with van der Waals surface area (Å²) in [5.41, 5.74) is 0.951. The van der Waals surface area contributed by atoms with Crippen LogP contribution in [0.2, 0.25) is 5.02 Å². The quantitative estimate of drug-likeness (QED) is 0.757. The lowest BCUT2D eigenvalue weighted by Gasteiger charge is -2.13. The molecule has 0 spiro atoms. The van der Waals surface area contributed by atoms with Gasteiger partial charge in [0, 0.05) is 24.3 Å². The summed E-state index contributed by atoms with van der Waals surface area (Å²) in [7, 11) is 0.